The Morgan fingerprint density at radius 2 is 1.89 bits per heavy atom. The van der Waals surface area contributed by atoms with Gasteiger partial charge in [-0.1, -0.05) is 39.0 Å². The Labute approximate surface area is 117 Å². The van der Waals surface area contributed by atoms with Gasteiger partial charge >= 0.3 is 0 Å². The Morgan fingerprint density at radius 1 is 1.26 bits per heavy atom. The first-order chi connectivity index (χ1) is 9.05. The molecule has 3 N–H and O–H groups in total. The van der Waals surface area contributed by atoms with Crippen LogP contribution in [0.25, 0.3) is 0 Å². The first-order valence-electron chi connectivity index (χ1n) is 8.07. The number of hydrogen-bond acceptors (Lipinski definition) is 2. The van der Waals surface area contributed by atoms with Gasteiger partial charge in [0.05, 0.1) is 5.54 Å². The molecule has 2 fully saturated rings. The van der Waals surface area contributed by atoms with E-state index in [1.165, 1.54) is 44.9 Å². The fraction of sp³-hybridized carbons (Fsp3) is 0.938. The van der Waals surface area contributed by atoms with Crippen molar-refractivity contribution in [3.05, 3.63) is 0 Å². The van der Waals surface area contributed by atoms with Crippen LogP contribution in [0, 0.1) is 17.8 Å². The van der Waals surface area contributed by atoms with Gasteiger partial charge in [-0.15, -0.1) is 0 Å². The zero-order valence-electron chi connectivity index (χ0n) is 12.6. The smallest absolute Gasteiger partial charge is 0.223 e. The van der Waals surface area contributed by atoms with Crippen molar-refractivity contribution < 1.29 is 4.79 Å². The lowest BCUT2D eigenvalue weighted by atomic mass is 9.82. The molecule has 2 aliphatic carbocycles. The molecule has 3 nitrogen and oxygen atoms in total. The highest BCUT2D eigenvalue weighted by atomic mass is 16.2. The van der Waals surface area contributed by atoms with Crippen molar-refractivity contribution in [3.63, 3.8) is 0 Å². The summed E-state index contributed by atoms with van der Waals surface area (Å²) >= 11 is 0. The van der Waals surface area contributed by atoms with Gasteiger partial charge in [0, 0.05) is 12.5 Å². The molecular weight excluding hydrogens is 236 g/mol. The zero-order chi connectivity index (χ0) is 13.9. The third-order valence-electron chi connectivity index (χ3n) is 5.17. The Balaban J connectivity index is 1.80. The highest BCUT2D eigenvalue weighted by Gasteiger charge is 2.42. The van der Waals surface area contributed by atoms with E-state index in [0.717, 1.165) is 12.3 Å². The summed E-state index contributed by atoms with van der Waals surface area (Å²) in [6.07, 6.45) is 10.2. The molecule has 2 unspecified atom stereocenters. The van der Waals surface area contributed by atoms with Crippen molar-refractivity contribution >= 4 is 5.91 Å². The predicted octanol–water partition coefficient (Wildman–Crippen LogP) is 2.84. The number of nitrogens with two attached hydrogens (primary N) is 1. The van der Waals surface area contributed by atoms with E-state index in [0.29, 0.717) is 12.5 Å². The molecule has 3 heteroatoms. The lowest BCUT2D eigenvalue weighted by Crippen LogP contribution is -2.54. The molecule has 0 heterocycles. The van der Waals surface area contributed by atoms with Gasteiger partial charge in [-0.05, 0) is 38.0 Å². The second-order valence-electron chi connectivity index (χ2n) is 7.03. The normalized spacial score (nSPS) is 25.6. The SMILES string of the molecule is CC(CC1CCCCC1)C(=O)NC(C)(CN)C1CC1. The van der Waals surface area contributed by atoms with E-state index in [-0.39, 0.29) is 17.4 Å². The number of carbonyl (C=O) groups excluding carboxylic acids is 1. The summed E-state index contributed by atoms with van der Waals surface area (Å²) in [5, 5.41) is 3.23. The molecular formula is C16H30N2O. The van der Waals surface area contributed by atoms with Crippen molar-refractivity contribution in [1.29, 1.82) is 0 Å². The Kier molecular flexibility index (Phi) is 4.88. The average Bonchev–Trinajstić information content (AvgIpc) is 3.24. The molecule has 110 valence electrons. The number of hydrogen-bond donors (Lipinski definition) is 2. The lowest BCUT2D eigenvalue weighted by Gasteiger charge is -2.32. The molecule has 1 amide bonds. The van der Waals surface area contributed by atoms with Crippen molar-refractivity contribution in [2.45, 2.75) is 70.8 Å². The summed E-state index contributed by atoms with van der Waals surface area (Å²) in [4.78, 5) is 12.4. The van der Waals surface area contributed by atoms with Gasteiger partial charge in [0.25, 0.3) is 0 Å². The highest BCUT2D eigenvalue weighted by molar-refractivity contribution is 5.79. The third-order valence-corrected chi connectivity index (χ3v) is 5.17. The first kappa shape index (κ1) is 14.8. The maximum absolute atomic E-state index is 12.4. The summed E-state index contributed by atoms with van der Waals surface area (Å²) < 4.78 is 0. The minimum Gasteiger partial charge on any atom is -0.349 e. The molecule has 2 aliphatic rings. The van der Waals surface area contributed by atoms with Crippen LogP contribution in [0.2, 0.25) is 0 Å². The fourth-order valence-corrected chi connectivity index (χ4v) is 3.47. The monoisotopic (exact) mass is 266 g/mol. The summed E-state index contributed by atoms with van der Waals surface area (Å²) in [7, 11) is 0. The van der Waals surface area contributed by atoms with E-state index >= 15 is 0 Å². The highest BCUT2D eigenvalue weighted by Crippen LogP contribution is 2.39. The molecule has 2 saturated carbocycles. The van der Waals surface area contributed by atoms with Crippen LogP contribution in [0.15, 0.2) is 0 Å². The van der Waals surface area contributed by atoms with Crippen LogP contribution in [0.5, 0.6) is 0 Å². The number of rotatable bonds is 6. The summed E-state index contributed by atoms with van der Waals surface area (Å²) in [5.74, 6) is 1.71. The topological polar surface area (TPSA) is 55.1 Å². The van der Waals surface area contributed by atoms with Crippen LogP contribution in [0.1, 0.15) is 65.2 Å². The van der Waals surface area contributed by atoms with Crippen LogP contribution in [-0.4, -0.2) is 18.0 Å². The molecule has 0 saturated heterocycles. The average molecular weight is 266 g/mol. The number of amides is 1. The summed E-state index contributed by atoms with van der Waals surface area (Å²) in [6.45, 7) is 4.74. The maximum Gasteiger partial charge on any atom is 0.223 e. The Hall–Kier alpha value is -0.570. The minimum absolute atomic E-state index is 0.132. The molecule has 2 atom stereocenters. The molecule has 0 aromatic rings. The van der Waals surface area contributed by atoms with E-state index in [1.54, 1.807) is 0 Å². The molecule has 0 bridgehead atoms. The second-order valence-corrected chi connectivity index (χ2v) is 7.03. The molecule has 0 aromatic heterocycles. The van der Waals surface area contributed by atoms with E-state index in [4.69, 9.17) is 5.73 Å². The standard InChI is InChI=1S/C16H30N2O/c1-12(10-13-6-4-3-5-7-13)15(19)18-16(2,11-17)14-8-9-14/h12-14H,3-11,17H2,1-2H3,(H,18,19). The Bertz CT molecular complexity index is 308. The van der Waals surface area contributed by atoms with E-state index in [9.17, 15) is 4.79 Å². The van der Waals surface area contributed by atoms with Gasteiger partial charge in [0.2, 0.25) is 5.91 Å². The molecule has 0 spiro atoms. The summed E-state index contributed by atoms with van der Waals surface area (Å²) in [5.41, 5.74) is 5.70. The number of carbonyl (C=O) groups is 1. The van der Waals surface area contributed by atoms with Gasteiger partial charge in [-0.2, -0.15) is 0 Å². The van der Waals surface area contributed by atoms with Gasteiger partial charge in [0.1, 0.15) is 0 Å². The molecule has 0 aliphatic heterocycles. The first-order valence-corrected chi connectivity index (χ1v) is 8.07. The molecule has 2 rings (SSSR count). The lowest BCUT2D eigenvalue weighted by molar-refractivity contribution is -0.127. The Morgan fingerprint density at radius 3 is 2.42 bits per heavy atom. The van der Waals surface area contributed by atoms with Gasteiger partial charge < -0.3 is 11.1 Å². The van der Waals surface area contributed by atoms with Gasteiger partial charge in [0.15, 0.2) is 0 Å². The van der Waals surface area contributed by atoms with Crippen LogP contribution in [-0.2, 0) is 4.79 Å². The molecule has 19 heavy (non-hydrogen) atoms. The minimum atomic E-state index is -0.169. The zero-order valence-corrected chi connectivity index (χ0v) is 12.6. The molecule has 0 radical (unpaired) electrons. The predicted molar refractivity (Wildman–Crippen MR) is 78.7 cm³/mol. The van der Waals surface area contributed by atoms with Crippen molar-refractivity contribution in [3.8, 4) is 0 Å². The van der Waals surface area contributed by atoms with Crippen molar-refractivity contribution in [1.82, 2.24) is 5.32 Å². The quantitative estimate of drug-likeness (QED) is 0.776. The van der Waals surface area contributed by atoms with E-state index < -0.39 is 0 Å². The van der Waals surface area contributed by atoms with Crippen LogP contribution < -0.4 is 11.1 Å². The maximum atomic E-state index is 12.4. The van der Waals surface area contributed by atoms with E-state index in [2.05, 4.69) is 19.2 Å². The van der Waals surface area contributed by atoms with Crippen LogP contribution >= 0.6 is 0 Å². The fourth-order valence-electron chi connectivity index (χ4n) is 3.47. The van der Waals surface area contributed by atoms with Gasteiger partial charge in [-0.25, -0.2) is 0 Å². The van der Waals surface area contributed by atoms with Crippen LogP contribution in [0.3, 0.4) is 0 Å². The number of nitrogens with one attached hydrogen (secondary N) is 1. The molecule has 0 aromatic carbocycles. The summed E-state index contributed by atoms with van der Waals surface area (Å²) in [6, 6.07) is 0. The van der Waals surface area contributed by atoms with E-state index in [1.807, 2.05) is 0 Å². The van der Waals surface area contributed by atoms with Crippen LogP contribution in [0.4, 0.5) is 0 Å². The van der Waals surface area contributed by atoms with Gasteiger partial charge in [-0.3, -0.25) is 4.79 Å². The van der Waals surface area contributed by atoms with Crippen molar-refractivity contribution in [2.75, 3.05) is 6.54 Å². The third kappa shape index (κ3) is 3.95. The van der Waals surface area contributed by atoms with Crippen molar-refractivity contribution in [2.24, 2.45) is 23.5 Å². The second kappa shape index (κ2) is 6.25. The largest absolute Gasteiger partial charge is 0.349 e.